The number of para-hydroxylation sites is 1. The number of pyridine rings is 1. The van der Waals surface area contributed by atoms with Crippen LogP contribution in [-0.2, 0) is 14.8 Å². The molecule has 1 aromatic carbocycles. The van der Waals surface area contributed by atoms with Crippen LogP contribution in [0, 0.1) is 11.8 Å². The second-order valence-corrected chi connectivity index (χ2v) is 10.2. The Morgan fingerprint density at radius 1 is 1.21 bits per heavy atom. The number of piperidine rings is 1. The molecular weight excluding hydrogens is 374 g/mol. The first-order valence-corrected chi connectivity index (χ1v) is 11.5. The Labute approximate surface area is 166 Å². The first-order chi connectivity index (χ1) is 13.4. The van der Waals surface area contributed by atoms with E-state index in [4.69, 9.17) is 0 Å². The van der Waals surface area contributed by atoms with Gasteiger partial charge >= 0.3 is 0 Å². The van der Waals surface area contributed by atoms with Crippen LogP contribution in [0.3, 0.4) is 0 Å². The van der Waals surface area contributed by atoms with E-state index in [0.29, 0.717) is 37.5 Å². The van der Waals surface area contributed by atoms with E-state index in [9.17, 15) is 13.2 Å². The van der Waals surface area contributed by atoms with Crippen LogP contribution in [0.4, 0.5) is 0 Å². The fraction of sp³-hybridized carbons (Fsp3) is 0.524. The lowest BCUT2D eigenvalue weighted by Crippen LogP contribution is -2.48. The lowest BCUT2D eigenvalue weighted by Gasteiger charge is -2.35. The van der Waals surface area contributed by atoms with Crippen LogP contribution in [0.25, 0.3) is 10.9 Å². The molecule has 0 aliphatic carbocycles. The summed E-state index contributed by atoms with van der Waals surface area (Å²) < 4.78 is 28.8. The zero-order valence-corrected chi connectivity index (χ0v) is 17.2. The average molecular weight is 402 g/mol. The van der Waals surface area contributed by atoms with Crippen LogP contribution in [0.5, 0.6) is 0 Å². The van der Waals surface area contributed by atoms with Gasteiger partial charge in [-0.05, 0) is 36.8 Å². The van der Waals surface area contributed by atoms with Crippen LogP contribution >= 0.6 is 0 Å². The summed E-state index contributed by atoms with van der Waals surface area (Å²) in [5, 5.41) is 0.817. The lowest BCUT2D eigenvalue weighted by molar-refractivity contribution is -0.131. The van der Waals surface area contributed by atoms with Crippen molar-refractivity contribution in [1.82, 2.24) is 14.2 Å². The Morgan fingerprint density at radius 2 is 2.00 bits per heavy atom. The van der Waals surface area contributed by atoms with E-state index in [2.05, 4.69) is 4.98 Å². The first kappa shape index (κ1) is 19.3. The van der Waals surface area contributed by atoms with E-state index >= 15 is 0 Å². The van der Waals surface area contributed by atoms with Gasteiger partial charge in [0.1, 0.15) is 4.90 Å². The predicted octanol–water partition coefficient (Wildman–Crippen LogP) is 2.89. The highest BCUT2D eigenvalue weighted by molar-refractivity contribution is 7.89. The fourth-order valence-electron chi connectivity index (χ4n) is 4.53. The maximum absolute atomic E-state index is 13.6. The van der Waals surface area contributed by atoms with E-state index in [-0.39, 0.29) is 22.8 Å². The molecule has 2 aliphatic rings. The van der Waals surface area contributed by atoms with Crippen molar-refractivity contribution in [3.05, 3.63) is 36.5 Å². The number of sulfonamides is 1. The van der Waals surface area contributed by atoms with Crippen LogP contribution in [0.1, 0.15) is 33.1 Å². The Kier molecular flexibility index (Phi) is 5.14. The summed E-state index contributed by atoms with van der Waals surface area (Å²) in [6.07, 6.45) is 3.93. The van der Waals surface area contributed by atoms with Gasteiger partial charge in [-0.25, -0.2) is 8.42 Å². The Balaban J connectivity index is 1.65. The van der Waals surface area contributed by atoms with Gasteiger partial charge in [0.2, 0.25) is 15.9 Å². The number of aromatic nitrogens is 1. The first-order valence-electron chi connectivity index (χ1n) is 10.0. The van der Waals surface area contributed by atoms with E-state index in [1.54, 1.807) is 22.6 Å². The highest BCUT2D eigenvalue weighted by atomic mass is 32.2. The molecule has 0 radical (unpaired) electrons. The van der Waals surface area contributed by atoms with E-state index in [0.717, 1.165) is 18.2 Å². The van der Waals surface area contributed by atoms with Crippen molar-refractivity contribution in [3.8, 4) is 0 Å². The quantitative estimate of drug-likeness (QED) is 0.790. The molecule has 1 aromatic heterocycles. The lowest BCUT2D eigenvalue weighted by atomic mass is 9.94. The van der Waals surface area contributed by atoms with Crippen molar-refractivity contribution >= 4 is 26.8 Å². The van der Waals surface area contributed by atoms with Crippen molar-refractivity contribution in [1.29, 1.82) is 0 Å². The zero-order chi connectivity index (χ0) is 19.9. The number of benzene rings is 1. The molecule has 7 heteroatoms. The van der Waals surface area contributed by atoms with Gasteiger partial charge in [-0.2, -0.15) is 4.31 Å². The molecular formula is C21H27N3O3S. The van der Waals surface area contributed by atoms with Gasteiger partial charge in [0.05, 0.1) is 5.52 Å². The summed E-state index contributed by atoms with van der Waals surface area (Å²) in [6.45, 7) is 5.72. The SMILES string of the molecule is CC(C)CC(=O)N1C[C@H]2CCCN(S(=O)(=O)c3cccc4cccnc34)[C@H]2C1. The molecule has 2 saturated heterocycles. The summed E-state index contributed by atoms with van der Waals surface area (Å²) in [5.41, 5.74) is 0.512. The van der Waals surface area contributed by atoms with Crippen molar-refractivity contribution in [2.75, 3.05) is 19.6 Å². The van der Waals surface area contributed by atoms with Gasteiger partial charge in [-0.1, -0.05) is 32.0 Å². The highest BCUT2D eigenvalue weighted by Gasteiger charge is 2.45. The Bertz CT molecular complexity index is 984. The van der Waals surface area contributed by atoms with Gasteiger partial charge in [-0.3, -0.25) is 9.78 Å². The summed E-state index contributed by atoms with van der Waals surface area (Å²) in [6, 6.07) is 8.83. The predicted molar refractivity (Wildman–Crippen MR) is 108 cm³/mol. The second kappa shape index (κ2) is 7.44. The Morgan fingerprint density at radius 3 is 2.79 bits per heavy atom. The van der Waals surface area contributed by atoms with Gasteiger partial charge in [0.15, 0.2) is 0 Å². The minimum absolute atomic E-state index is 0.133. The molecule has 0 unspecified atom stereocenters. The number of carbonyl (C=O) groups is 1. The van der Waals surface area contributed by atoms with Gasteiger partial charge < -0.3 is 4.90 Å². The molecule has 2 aromatic rings. The van der Waals surface area contributed by atoms with Crippen LogP contribution in [0.2, 0.25) is 0 Å². The summed E-state index contributed by atoms with van der Waals surface area (Å²) in [7, 11) is -3.68. The van der Waals surface area contributed by atoms with Crippen LogP contribution in [0.15, 0.2) is 41.4 Å². The van der Waals surface area contributed by atoms with Crippen molar-refractivity contribution in [2.24, 2.45) is 11.8 Å². The van der Waals surface area contributed by atoms with Crippen LogP contribution < -0.4 is 0 Å². The van der Waals surface area contributed by atoms with Crippen molar-refractivity contribution in [2.45, 2.75) is 44.0 Å². The summed E-state index contributed by atoms with van der Waals surface area (Å²) in [4.78, 5) is 19.0. The zero-order valence-electron chi connectivity index (χ0n) is 16.4. The molecule has 2 atom stereocenters. The molecule has 28 heavy (non-hydrogen) atoms. The Hall–Kier alpha value is -1.99. The molecule has 3 heterocycles. The van der Waals surface area contributed by atoms with Crippen molar-refractivity contribution in [3.63, 3.8) is 0 Å². The van der Waals surface area contributed by atoms with E-state index < -0.39 is 10.0 Å². The number of likely N-dealkylation sites (tertiary alicyclic amines) is 1. The highest BCUT2D eigenvalue weighted by Crippen LogP contribution is 2.36. The molecule has 0 N–H and O–H groups in total. The van der Waals surface area contributed by atoms with Crippen LogP contribution in [-0.4, -0.2) is 54.2 Å². The molecule has 6 nitrogen and oxygen atoms in total. The molecule has 0 spiro atoms. The molecule has 0 bridgehead atoms. The molecule has 2 aliphatic heterocycles. The molecule has 1 amide bonds. The molecule has 4 rings (SSSR count). The second-order valence-electron chi connectivity index (χ2n) is 8.31. The third kappa shape index (κ3) is 3.42. The van der Waals surface area contributed by atoms with Gasteiger partial charge in [0.25, 0.3) is 0 Å². The number of rotatable bonds is 4. The average Bonchev–Trinajstić information content (AvgIpc) is 3.11. The van der Waals surface area contributed by atoms with E-state index in [1.165, 1.54) is 0 Å². The molecule has 2 fully saturated rings. The number of carbonyl (C=O) groups excluding carboxylic acids is 1. The normalized spacial score (nSPS) is 23.3. The monoisotopic (exact) mass is 401 g/mol. The third-order valence-corrected chi connectivity index (χ3v) is 7.80. The fourth-order valence-corrected chi connectivity index (χ4v) is 6.41. The number of nitrogens with zero attached hydrogens (tertiary/aromatic N) is 3. The minimum atomic E-state index is -3.68. The third-order valence-electron chi connectivity index (χ3n) is 5.85. The number of hydrogen-bond donors (Lipinski definition) is 0. The van der Waals surface area contributed by atoms with Gasteiger partial charge in [0, 0.05) is 43.7 Å². The number of amides is 1. The molecule has 150 valence electrons. The maximum atomic E-state index is 13.6. The maximum Gasteiger partial charge on any atom is 0.245 e. The number of hydrogen-bond acceptors (Lipinski definition) is 4. The van der Waals surface area contributed by atoms with Crippen molar-refractivity contribution < 1.29 is 13.2 Å². The standard InChI is InChI=1S/C21H27N3O3S/c1-15(2)12-20(25)23-13-17-8-5-11-24(18(17)14-23)28(26,27)19-9-3-6-16-7-4-10-22-21(16)19/h3-4,6-7,9-10,15,17-18H,5,8,11-14H2,1-2H3/t17-,18+/m1/s1. The number of fused-ring (bicyclic) bond motifs is 2. The minimum Gasteiger partial charge on any atom is -0.341 e. The molecule has 0 saturated carbocycles. The van der Waals surface area contributed by atoms with E-state index in [1.807, 2.05) is 36.9 Å². The van der Waals surface area contributed by atoms with Gasteiger partial charge in [-0.15, -0.1) is 0 Å². The smallest absolute Gasteiger partial charge is 0.245 e. The summed E-state index contributed by atoms with van der Waals surface area (Å²) >= 11 is 0. The largest absolute Gasteiger partial charge is 0.341 e. The topological polar surface area (TPSA) is 70.6 Å². The summed E-state index contributed by atoms with van der Waals surface area (Å²) in [5.74, 6) is 0.646.